The summed E-state index contributed by atoms with van der Waals surface area (Å²) < 4.78 is 16.1. The van der Waals surface area contributed by atoms with Crippen molar-refractivity contribution in [2.45, 2.75) is 6.92 Å². The third-order valence-electron chi connectivity index (χ3n) is 4.09. The second-order valence-corrected chi connectivity index (χ2v) is 6.62. The lowest BCUT2D eigenvalue weighted by molar-refractivity contribution is 0.318. The van der Waals surface area contributed by atoms with Crippen LogP contribution in [0, 0.1) is 6.92 Å². The molecule has 0 saturated carbocycles. The monoisotopic (exact) mass is 384 g/mol. The largest absolute Gasteiger partial charge is 0.493 e. The first-order chi connectivity index (χ1) is 13.1. The van der Waals surface area contributed by atoms with Gasteiger partial charge < -0.3 is 19.4 Å². The van der Waals surface area contributed by atoms with E-state index in [0.29, 0.717) is 33.5 Å². The fourth-order valence-corrected chi connectivity index (χ4v) is 3.51. The molecule has 27 heavy (non-hydrogen) atoms. The van der Waals surface area contributed by atoms with Gasteiger partial charge in [-0.05, 0) is 19.1 Å². The molecule has 0 bridgehead atoms. The quantitative estimate of drug-likeness (QED) is 0.388. The number of thiazole rings is 1. The zero-order chi connectivity index (χ0) is 19.4. The molecule has 0 spiro atoms. The first kappa shape index (κ1) is 18.7. The van der Waals surface area contributed by atoms with Gasteiger partial charge in [-0.25, -0.2) is 4.98 Å². The van der Waals surface area contributed by atoms with Crippen LogP contribution in [0.4, 0.5) is 0 Å². The van der Waals surface area contributed by atoms with Crippen LogP contribution in [-0.2, 0) is 0 Å². The van der Waals surface area contributed by atoms with E-state index >= 15 is 0 Å². The highest BCUT2D eigenvalue weighted by atomic mass is 32.1. The molecule has 0 amide bonds. The van der Waals surface area contributed by atoms with Crippen molar-refractivity contribution in [3.8, 4) is 28.5 Å². The summed E-state index contributed by atoms with van der Waals surface area (Å²) in [5.74, 6) is 1.42. The Morgan fingerprint density at radius 1 is 1.00 bits per heavy atom. The Hall–Kier alpha value is -3.06. The van der Waals surface area contributed by atoms with Gasteiger partial charge in [0.05, 0.1) is 27.0 Å². The summed E-state index contributed by atoms with van der Waals surface area (Å²) in [6, 6.07) is 11.6. The van der Waals surface area contributed by atoms with Crippen molar-refractivity contribution < 1.29 is 19.4 Å². The topological polar surface area (TPSA) is 73.2 Å². The molecule has 3 rings (SSSR count). The predicted octanol–water partition coefficient (Wildman–Crippen LogP) is 4.37. The molecule has 2 aromatic carbocycles. The summed E-state index contributed by atoms with van der Waals surface area (Å²) in [5, 5.41) is 15.6. The van der Waals surface area contributed by atoms with Gasteiger partial charge in [-0.1, -0.05) is 35.0 Å². The number of oxime groups is 1. The molecule has 3 aromatic rings. The Morgan fingerprint density at radius 3 is 2.15 bits per heavy atom. The van der Waals surface area contributed by atoms with Gasteiger partial charge in [0.1, 0.15) is 10.7 Å². The number of benzene rings is 2. The Labute approximate surface area is 161 Å². The maximum absolute atomic E-state index is 9.64. The van der Waals surface area contributed by atoms with Crippen molar-refractivity contribution >= 4 is 17.0 Å². The Kier molecular flexibility index (Phi) is 5.61. The summed E-state index contributed by atoms with van der Waals surface area (Å²) in [4.78, 5) is 4.63. The highest BCUT2D eigenvalue weighted by molar-refractivity contribution is 7.12. The molecule has 1 heterocycles. The molecule has 0 radical (unpaired) electrons. The van der Waals surface area contributed by atoms with E-state index in [1.807, 2.05) is 36.6 Å². The molecule has 0 atom stereocenters. The molecule has 1 N–H and O–H groups in total. The molecule has 7 heteroatoms. The maximum atomic E-state index is 9.64. The lowest BCUT2D eigenvalue weighted by Crippen LogP contribution is -2.05. The van der Waals surface area contributed by atoms with Gasteiger partial charge in [0.15, 0.2) is 11.5 Å². The van der Waals surface area contributed by atoms with Gasteiger partial charge in [0.25, 0.3) is 0 Å². The molecular weight excluding hydrogens is 364 g/mol. The van der Waals surface area contributed by atoms with Gasteiger partial charge in [-0.2, -0.15) is 0 Å². The predicted molar refractivity (Wildman–Crippen MR) is 106 cm³/mol. The molecule has 6 nitrogen and oxygen atoms in total. The van der Waals surface area contributed by atoms with E-state index in [-0.39, 0.29) is 0 Å². The van der Waals surface area contributed by atoms with Crippen molar-refractivity contribution in [3.63, 3.8) is 0 Å². The molecule has 0 fully saturated rings. The van der Waals surface area contributed by atoms with Crippen molar-refractivity contribution in [1.29, 1.82) is 0 Å². The van der Waals surface area contributed by atoms with Crippen LogP contribution in [-0.4, -0.2) is 37.2 Å². The highest BCUT2D eigenvalue weighted by Crippen LogP contribution is 2.39. The number of ether oxygens (including phenoxy) is 3. The lowest BCUT2D eigenvalue weighted by Gasteiger charge is -2.14. The number of hydrogen-bond donors (Lipinski definition) is 1. The minimum atomic E-state index is 0.331. The van der Waals surface area contributed by atoms with Gasteiger partial charge in [-0.3, -0.25) is 0 Å². The third kappa shape index (κ3) is 3.73. The zero-order valence-electron chi connectivity index (χ0n) is 15.5. The number of rotatable bonds is 6. The lowest BCUT2D eigenvalue weighted by atomic mass is 10.1. The van der Waals surface area contributed by atoms with Crippen molar-refractivity contribution in [1.82, 2.24) is 4.98 Å². The van der Waals surface area contributed by atoms with E-state index in [2.05, 4.69) is 10.1 Å². The van der Waals surface area contributed by atoms with Gasteiger partial charge >= 0.3 is 0 Å². The van der Waals surface area contributed by atoms with Gasteiger partial charge in [-0.15, -0.1) is 11.3 Å². The number of methoxy groups -OCH3 is 3. The van der Waals surface area contributed by atoms with Crippen LogP contribution in [0.25, 0.3) is 11.3 Å². The number of aromatic nitrogens is 1. The van der Waals surface area contributed by atoms with Crippen LogP contribution in [0.5, 0.6) is 17.2 Å². The second kappa shape index (κ2) is 8.09. The van der Waals surface area contributed by atoms with Crippen molar-refractivity contribution in [2.75, 3.05) is 21.3 Å². The molecule has 0 unspecified atom stereocenters. The third-order valence-corrected chi connectivity index (χ3v) is 4.94. The average molecular weight is 384 g/mol. The standard InChI is InChI=1S/C20H20N2O4S/c1-12-5-7-13(8-6-12)15-11-27-20(21-15)18(22-23)14-9-16(24-2)19(26-4)17(10-14)25-3/h5-11,23H,1-4H3. The Balaban J connectivity index is 2.02. The fourth-order valence-electron chi connectivity index (χ4n) is 2.68. The Bertz CT molecular complexity index is 939. The van der Waals surface area contributed by atoms with Crippen LogP contribution in [0.3, 0.4) is 0 Å². The first-order valence-electron chi connectivity index (χ1n) is 8.16. The number of aryl methyl sites for hydroxylation is 1. The zero-order valence-corrected chi connectivity index (χ0v) is 16.3. The molecule has 0 saturated heterocycles. The average Bonchev–Trinajstić information content (AvgIpc) is 3.18. The summed E-state index contributed by atoms with van der Waals surface area (Å²) in [5.41, 5.74) is 3.95. The molecular formula is C20H20N2O4S. The molecule has 1 aromatic heterocycles. The normalized spacial score (nSPS) is 11.3. The van der Waals surface area contributed by atoms with E-state index in [1.165, 1.54) is 38.2 Å². The van der Waals surface area contributed by atoms with Crippen LogP contribution in [0.1, 0.15) is 16.1 Å². The summed E-state index contributed by atoms with van der Waals surface area (Å²) in [6.07, 6.45) is 0. The van der Waals surface area contributed by atoms with E-state index in [4.69, 9.17) is 14.2 Å². The van der Waals surface area contributed by atoms with Gasteiger partial charge in [0.2, 0.25) is 5.75 Å². The summed E-state index contributed by atoms with van der Waals surface area (Å²) in [6.45, 7) is 2.04. The number of nitrogens with zero attached hydrogens (tertiary/aromatic N) is 2. The van der Waals surface area contributed by atoms with Crippen LogP contribution in [0.15, 0.2) is 46.9 Å². The smallest absolute Gasteiger partial charge is 0.203 e. The SMILES string of the molecule is COc1cc(C(=NO)c2nc(-c3ccc(C)cc3)cs2)cc(OC)c1OC. The van der Waals surface area contributed by atoms with Crippen LogP contribution < -0.4 is 14.2 Å². The summed E-state index contributed by atoms with van der Waals surface area (Å²) >= 11 is 1.40. The molecule has 0 aliphatic carbocycles. The van der Waals surface area contributed by atoms with E-state index < -0.39 is 0 Å². The minimum Gasteiger partial charge on any atom is -0.493 e. The van der Waals surface area contributed by atoms with Crippen LogP contribution >= 0.6 is 11.3 Å². The highest BCUT2D eigenvalue weighted by Gasteiger charge is 2.19. The van der Waals surface area contributed by atoms with E-state index in [0.717, 1.165) is 11.3 Å². The van der Waals surface area contributed by atoms with E-state index in [9.17, 15) is 5.21 Å². The van der Waals surface area contributed by atoms with Crippen molar-refractivity contribution in [2.24, 2.45) is 5.16 Å². The molecule has 140 valence electrons. The van der Waals surface area contributed by atoms with Gasteiger partial charge in [0, 0.05) is 16.5 Å². The first-order valence-corrected chi connectivity index (χ1v) is 9.04. The van der Waals surface area contributed by atoms with Crippen molar-refractivity contribution in [3.05, 3.63) is 57.9 Å². The summed E-state index contributed by atoms with van der Waals surface area (Å²) in [7, 11) is 4.61. The fraction of sp³-hybridized carbons (Fsp3) is 0.200. The Morgan fingerprint density at radius 2 is 1.63 bits per heavy atom. The second-order valence-electron chi connectivity index (χ2n) is 5.77. The maximum Gasteiger partial charge on any atom is 0.203 e. The molecule has 0 aliphatic rings. The molecule has 0 aliphatic heterocycles. The van der Waals surface area contributed by atoms with Crippen LogP contribution in [0.2, 0.25) is 0 Å². The number of hydrogen-bond acceptors (Lipinski definition) is 7. The minimum absolute atomic E-state index is 0.331. The van der Waals surface area contributed by atoms with E-state index in [1.54, 1.807) is 12.1 Å².